The Hall–Kier alpha value is -2.76. The molecule has 0 fully saturated rings. The highest BCUT2D eigenvalue weighted by atomic mass is 19.1. The maximum Gasteiger partial charge on any atom is 0.340 e. The molecule has 2 aromatic carbocycles. The van der Waals surface area contributed by atoms with Gasteiger partial charge in [-0.1, -0.05) is 18.2 Å². The highest BCUT2D eigenvalue weighted by Gasteiger charge is 2.20. The van der Waals surface area contributed by atoms with Crippen LogP contribution in [-0.4, -0.2) is 13.1 Å². The smallest absolute Gasteiger partial charge is 0.340 e. The van der Waals surface area contributed by atoms with Crippen molar-refractivity contribution in [2.24, 2.45) is 0 Å². The maximum absolute atomic E-state index is 14.2. The van der Waals surface area contributed by atoms with E-state index in [1.165, 1.54) is 13.2 Å². The van der Waals surface area contributed by atoms with Gasteiger partial charge in [0.2, 0.25) is 0 Å². The summed E-state index contributed by atoms with van der Waals surface area (Å²) in [5.74, 6) is -1.48. The Morgan fingerprint density at radius 3 is 2.50 bits per heavy atom. The van der Waals surface area contributed by atoms with Gasteiger partial charge in [0.1, 0.15) is 0 Å². The summed E-state index contributed by atoms with van der Waals surface area (Å²) in [6, 6.07) is 10.1. The van der Waals surface area contributed by atoms with Crippen molar-refractivity contribution in [2.45, 2.75) is 0 Å². The van der Waals surface area contributed by atoms with Crippen molar-refractivity contribution < 1.29 is 13.9 Å². The Bertz CT molecular complexity index is 645. The Kier molecular flexibility index (Phi) is 3.74. The minimum atomic E-state index is -0.783. The molecule has 0 unspecified atom stereocenters. The van der Waals surface area contributed by atoms with Crippen LogP contribution in [0.15, 0.2) is 36.4 Å². The lowest BCUT2D eigenvalue weighted by atomic mass is 10.1. The van der Waals surface area contributed by atoms with E-state index in [2.05, 4.69) is 10.1 Å². The average molecular weight is 275 g/mol. The van der Waals surface area contributed by atoms with Crippen molar-refractivity contribution in [2.75, 3.05) is 23.9 Å². The van der Waals surface area contributed by atoms with Crippen LogP contribution in [0.3, 0.4) is 0 Å². The zero-order valence-electron chi connectivity index (χ0n) is 10.8. The fourth-order valence-corrected chi connectivity index (χ4v) is 1.74. The van der Waals surface area contributed by atoms with Crippen molar-refractivity contribution in [3.05, 3.63) is 47.8 Å². The SMILES string of the molecule is COC(=O)c1cc(N)c(N)c(F)c1Nc1ccccc1. The molecule has 5 nitrogen and oxygen atoms in total. The summed E-state index contributed by atoms with van der Waals surface area (Å²) in [5.41, 5.74) is 11.4. The number of halogens is 1. The topological polar surface area (TPSA) is 90.4 Å². The van der Waals surface area contributed by atoms with E-state index < -0.39 is 11.8 Å². The number of methoxy groups -OCH3 is 1. The summed E-state index contributed by atoms with van der Waals surface area (Å²) in [6.07, 6.45) is 0. The van der Waals surface area contributed by atoms with Crippen LogP contribution < -0.4 is 16.8 Å². The molecule has 6 heteroatoms. The molecule has 0 spiro atoms. The highest BCUT2D eigenvalue weighted by molar-refractivity contribution is 5.99. The first kappa shape index (κ1) is 13.7. The predicted octanol–water partition coefficient (Wildman–Crippen LogP) is 2.52. The zero-order valence-corrected chi connectivity index (χ0v) is 10.8. The first-order valence-electron chi connectivity index (χ1n) is 5.82. The number of hydrogen-bond donors (Lipinski definition) is 3. The second-order valence-corrected chi connectivity index (χ2v) is 4.10. The molecule has 0 aromatic heterocycles. The Morgan fingerprint density at radius 2 is 1.90 bits per heavy atom. The van der Waals surface area contributed by atoms with Crippen LogP contribution >= 0.6 is 0 Å². The molecule has 0 atom stereocenters. The third kappa shape index (κ3) is 2.49. The van der Waals surface area contributed by atoms with Gasteiger partial charge in [-0.3, -0.25) is 0 Å². The lowest BCUT2D eigenvalue weighted by Crippen LogP contribution is -2.11. The summed E-state index contributed by atoms with van der Waals surface area (Å²) in [7, 11) is 1.21. The normalized spacial score (nSPS) is 10.1. The largest absolute Gasteiger partial charge is 0.465 e. The number of anilines is 4. The quantitative estimate of drug-likeness (QED) is 0.591. The number of rotatable bonds is 3. The van der Waals surface area contributed by atoms with Gasteiger partial charge < -0.3 is 21.5 Å². The van der Waals surface area contributed by atoms with Gasteiger partial charge in [-0.2, -0.15) is 0 Å². The molecule has 0 heterocycles. The second-order valence-electron chi connectivity index (χ2n) is 4.10. The van der Waals surface area contributed by atoms with Crippen LogP contribution in [-0.2, 0) is 4.74 Å². The number of para-hydroxylation sites is 1. The third-order valence-electron chi connectivity index (χ3n) is 2.78. The molecule has 0 radical (unpaired) electrons. The minimum absolute atomic E-state index is 0.0125. The van der Waals surface area contributed by atoms with Crippen LogP contribution in [0.4, 0.5) is 27.1 Å². The summed E-state index contributed by atoms with van der Waals surface area (Å²) in [5, 5.41) is 2.81. The fraction of sp³-hybridized carbons (Fsp3) is 0.0714. The molecule has 104 valence electrons. The van der Waals surface area contributed by atoms with Gasteiger partial charge in [0.05, 0.1) is 29.7 Å². The number of ether oxygens (including phenoxy) is 1. The summed E-state index contributed by atoms with van der Waals surface area (Å²) < 4.78 is 18.9. The number of nitrogens with one attached hydrogen (secondary N) is 1. The van der Waals surface area contributed by atoms with Gasteiger partial charge in [-0.15, -0.1) is 0 Å². The van der Waals surface area contributed by atoms with Gasteiger partial charge >= 0.3 is 5.97 Å². The zero-order chi connectivity index (χ0) is 14.7. The molecule has 0 saturated heterocycles. The molecule has 0 aliphatic heterocycles. The van der Waals surface area contributed by atoms with Crippen molar-refractivity contribution in [1.29, 1.82) is 0 Å². The highest BCUT2D eigenvalue weighted by Crippen LogP contribution is 2.32. The molecule has 2 rings (SSSR count). The first-order valence-corrected chi connectivity index (χ1v) is 5.82. The molecule has 0 bridgehead atoms. The van der Waals surface area contributed by atoms with Crippen LogP contribution in [0, 0.1) is 5.82 Å². The van der Waals surface area contributed by atoms with Gasteiger partial charge in [-0.25, -0.2) is 9.18 Å². The molecular formula is C14H14FN3O2. The van der Waals surface area contributed by atoms with Gasteiger partial charge in [0, 0.05) is 5.69 Å². The fourth-order valence-electron chi connectivity index (χ4n) is 1.74. The van der Waals surface area contributed by atoms with E-state index in [4.69, 9.17) is 11.5 Å². The van der Waals surface area contributed by atoms with Crippen LogP contribution in [0.25, 0.3) is 0 Å². The molecule has 20 heavy (non-hydrogen) atoms. The molecular weight excluding hydrogens is 261 g/mol. The van der Waals surface area contributed by atoms with E-state index >= 15 is 0 Å². The Morgan fingerprint density at radius 1 is 1.25 bits per heavy atom. The number of carbonyl (C=O) groups is 1. The van der Waals surface area contributed by atoms with Crippen molar-refractivity contribution in [3.8, 4) is 0 Å². The van der Waals surface area contributed by atoms with Gasteiger partial charge in [0.15, 0.2) is 5.82 Å². The van der Waals surface area contributed by atoms with E-state index in [-0.39, 0.29) is 22.6 Å². The Balaban J connectivity index is 2.55. The van der Waals surface area contributed by atoms with Crippen molar-refractivity contribution in [1.82, 2.24) is 0 Å². The molecule has 0 aliphatic rings. The number of benzene rings is 2. The molecule has 0 aliphatic carbocycles. The maximum atomic E-state index is 14.2. The first-order chi connectivity index (χ1) is 9.54. The molecule has 5 N–H and O–H groups in total. The number of hydrogen-bond acceptors (Lipinski definition) is 5. The lowest BCUT2D eigenvalue weighted by molar-refractivity contribution is 0.0601. The second kappa shape index (κ2) is 5.48. The summed E-state index contributed by atoms with van der Waals surface area (Å²) in [6.45, 7) is 0. The standard InChI is InChI=1S/C14H14FN3O2/c1-20-14(19)9-7-10(16)12(17)11(15)13(9)18-8-5-3-2-4-6-8/h2-7,18H,16-17H2,1H3. The predicted molar refractivity (Wildman–Crippen MR) is 76.3 cm³/mol. The Labute approximate surface area is 115 Å². The van der Waals surface area contributed by atoms with Crippen LogP contribution in [0.5, 0.6) is 0 Å². The monoisotopic (exact) mass is 275 g/mol. The van der Waals surface area contributed by atoms with Crippen LogP contribution in [0.2, 0.25) is 0 Å². The minimum Gasteiger partial charge on any atom is -0.465 e. The summed E-state index contributed by atoms with van der Waals surface area (Å²) >= 11 is 0. The number of carbonyl (C=O) groups excluding carboxylic acids is 1. The van der Waals surface area contributed by atoms with Gasteiger partial charge in [0.25, 0.3) is 0 Å². The van der Waals surface area contributed by atoms with E-state index in [0.717, 1.165) is 0 Å². The molecule has 0 amide bonds. The van der Waals surface area contributed by atoms with Crippen molar-refractivity contribution in [3.63, 3.8) is 0 Å². The van der Waals surface area contributed by atoms with E-state index in [0.29, 0.717) is 5.69 Å². The number of nitrogen functional groups attached to an aromatic ring is 2. The number of nitrogens with two attached hydrogens (primary N) is 2. The van der Waals surface area contributed by atoms with Gasteiger partial charge in [-0.05, 0) is 18.2 Å². The van der Waals surface area contributed by atoms with E-state index in [1.807, 2.05) is 6.07 Å². The average Bonchev–Trinajstić information content (AvgIpc) is 2.48. The third-order valence-corrected chi connectivity index (χ3v) is 2.78. The molecule has 0 saturated carbocycles. The van der Waals surface area contributed by atoms with Crippen molar-refractivity contribution >= 4 is 28.7 Å². The van der Waals surface area contributed by atoms with E-state index in [1.54, 1.807) is 24.3 Å². The lowest BCUT2D eigenvalue weighted by Gasteiger charge is -2.14. The molecule has 2 aromatic rings. The van der Waals surface area contributed by atoms with Crippen LogP contribution in [0.1, 0.15) is 10.4 Å². The summed E-state index contributed by atoms with van der Waals surface area (Å²) in [4.78, 5) is 11.7. The number of esters is 1. The van der Waals surface area contributed by atoms with E-state index in [9.17, 15) is 9.18 Å².